The van der Waals surface area contributed by atoms with Crippen molar-refractivity contribution in [3.63, 3.8) is 0 Å². The normalized spacial score (nSPS) is 12.4. The molecule has 2 aromatic rings. The van der Waals surface area contributed by atoms with Gasteiger partial charge in [0.15, 0.2) is 0 Å². The minimum atomic E-state index is -0.380. The number of nitro groups is 1. The van der Waals surface area contributed by atoms with E-state index in [1.807, 2.05) is 26.2 Å². The minimum absolute atomic E-state index is 0.0585. The van der Waals surface area contributed by atoms with Gasteiger partial charge in [-0.25, -0.2) is 4.68 Å². The van der Waals surface area contributed by atoms with E-state index < -0.39 is 0 Å². The van der Waals surface area contributed by atoms with Gasteiger partial charge in [0.1, 0.15) is 5.69 Å². The van der Waals surface area contributed by atoms with Crippen molar-refractivity contribution < 1.29 is 4.92 Å². The van der Waals surface area contributed by atoms with E-state index in [1.54, 1.807) is 14.0 Å². The Labute approximate surface area is 123 Å². The Hall–Kier alpha value is -2.31. The third kappa shape index (κ3) is 3.24. The fourth-order valence-corrected chi connectivity index (χ4v) is 2.45. The lowest BCUT2D eigenvalue weighted by molar-refractivity contribution is -0.384. The van der Waals surface area contributed by atoms with Crippen LogP contribution in [-0.4, -0.2) is 25.3 Å². The molecule has 1 unspecified atom stereocenters. The number of hydrogen-bond acceptors (Lipinski definition) is 4. The van der Waals surface area contributed by atoms with Crippen molar-refractivity contribution in [3.8, 4) is 0 Å². The lowest BCUT2D eigenvalue weighted by Crippen LogP contribution is -2.19. The van der Waals surface area contributed by atoms with Gasteiger partial charge in [-0.05, 0) is 38.8 Å². The van der Waals surface area contributed by atoms with Crippen molar-refractivity contribution in [2.75, 3.05) is 5.32 Å². The molecule has 0 bridgehead atoms. The molecule has 1 N–H and O–H groups in total. The van der Waals surface area contributed by atoms with E-state index in [0.29, 0.717) is 11.5 Å². The fraction of sp³-hybridized carbons (Fsp3) is 0.500. The molecule has 0 saturated heterocycles. The zero-order valence-electron chi connectivity index (χ0n) is 12.8. The molecule has 0 aliphatic heterocycles. The summed E-state index contributed by atoms with van der Waals surface area (Å²) in [6.07, 6.45) is 3.82. The van der Waals surface area contributed by atoms with Gasteiger partial charge in [-0.2, -0.15) is 5.10 Å². The Morgan fingerprint density at radius 2 is 2.19 bits per heavy atom. The third-order valence-electron chi connectivity index (χ3n) is 3.64. The average Bonchev–Trinajstić information content (AvgIpc) is 2.91. The van der Waals surface area contributed by atoms with E-state index in [4.69, 9.17) is 0 Å². The van der Waals surface area contributed by atoms with Crippen molar-refractivity contribution in [1.29, 1.82) is 0 Å². The van der Waals surface area contributed by atoms with Gasteiger partial charge < -0.3 is 9.88 Å². The van der Waals surface area contributed by atoms with E-state index in [0.717, 1.165) is 12.8 Å². The van der Waals surface area contributed by atoms with Crippen LogP contribution in [0.2, 0.25) is 0 Å². The number of anilines is 1. The van der Waals surface area contributed by atoms with E-state index >= 15 is 0 Å². The first kappa shape index (κ1) is 15.1. The van der Waals surface area contributed by atoms with Crippen LogP contribution in [-0.2, 0) is 20.5 Å². The maximum atomic E-state index is 11.1. The second-order valence-corrected chi connectivity index (χ2v) is 5.36. The highest BCUT2D eigenvalue weighted by Gasteiger charge is 2.24. The summed E-state index contributed by atoms with van der Waals surface area (Å²) in [4.78, 5) is 10.8. The zero-order chi connectivity index (χ0) is 15.6. The van der Waals surface area contributed by atoms with Gasteiger partial charge in [-0.3, -0.25) is 10.1 Å². The summed E-state index contributed by atoms with van der Waals surface area (Å²) in [5.41, 5.74) is 1.74. The van der Waals surface area contributed by atoms with Gasteiger partial charge in [-0.1, -0.05) is 0 Å². The monoisotopic (exact) mass is 291 g/mol. The molecule has 0 aromatic carbocycles. The third-order valence-corrected chi connectivity index (χ3v) is 3.64. The van der Waals surface area contributed by atoms with Crippen LogP contribution in [0.1, 0.15) is 24.7 Å². The smallest absolute Gasteiger partial charge is 0.333 e. The molecule has 2 heterocycles. The van der Waals surface area contributed by atoms with E-state index in [-0.39, 0.29) is 16.7 Å². The van der Waals surface area contributed by atoms with Gasteiger partial charge in [0.2, 0.25) is 5.82 Å². The second kappa shape index (κ2) is 5.99. The van der Waals surface area contributed by atoms with Gasteiger partial charge >= 0.3 is 5.69 Å². The average molecular weight is 291 g/mol. The number of rotatable bonds is 6. The second-order valence-electron chi connectivity index (χ2n) is 5.36. The number of nitrogens with one attached hydrogen (secondary N) is 1. The first-order valence-electron chi connectivity index (χ1n) is 6.95. The predicted octanol–water partition coefficient (Wildman–Crippen LogP) is 2.41. The Morgan fingerprint density at radius 1 is 1.48 bits per heavy atom. The fourth-order valence-electron chi connectivity index (χ4n) is 2.45. The lowest BCUT2D eigenvalue weighted by Gasteiger charge is -2.15. The Bertz CT molecular complexity index is 644. The summed E-state index contributed by atoms with van der Waals surface area (Å²) < 4.78 is 3.62. The molecule has 0 spiro atoms. The minimum Gasteiger partial charge on any atom is -0.362 e. The summed E-state index contributed by atoms with van der Waals surface area (Å²) in [6, 6.07) is 4.22. The molecular formula is C14H21N5O2. The van der Waals surface area contributed by atoms with E-state index in [2.05, 4.69) is 21.0 Å². The maximum absolute atomic E-state index is 11.1. The molecule has 21 heavy (non-hydrogen) atoms. The Morgan fingerprint density at radius 3 is 2.76 bits per heavy atom. The standard InChI is InChI=1S/C14H21N5O2/c1-10(7-8-12-6-5-9-17(12)3)15-14-13(19(20)21)11(2)16-18(14)4/h5-6,9-10,15H,7-8H2,1-4H3. The Balaban J connectivity index is 2.04. The van der Waals surface area contributed by atoms with Crippen molar-refractivity contribution in [1.82, 2.24) is 14.3 Å². The molecule has 7 nitrogen and oxygen atoms in total. The molecule has 0 fully saturated rings. The molecule has 1 atom stereocenters. The van der Waals surface area contributed by atoms with Crippen LogP contribution in [0, 0.1) is 17.0 Å². The molecule has 0 amide bonds. The molecule has 0 aliphatic carbocycles. The van der Waals surface area contributed by atoms with Crippen molar-refractivity contribution in [3.05, 3.63) is 39.8 Å². The maximum Gasteiger partial charge on any atom is 0.333 e. The molecule has 2 aromatic heterocycles. The largest absolute Gasteiger partial charge is 0.362 e. The van der Waals surface area contributed by atoms with Gasteiger partial charge in [0, 0.05) is 32.0 Å². The van der Waals surface area contributed by atoms with E-state index in [9.17, 15) is 10.1 Å². The Kier molecular flexibility index (Phi) is 4.30. The summed E-state index contributed by atoms with van der Waals surface area (Å²) in [6.45, 7) is 3.67. The van der Waals surface area contributed by atoms with Crippen LogP contribution in [0.4, 0.5) is 11.5 Å². The molecule has 0 radical (unpaired) electrons. The number of aryl methyl sites for hydroxylation is 4. The summed E-state index contributed by atoms with van der Waals surface area (Å²) in [5, 5.41) is 18.5. The van der Waals surface area contributed by atoms with Crippen LogP contribution in [0.15, 0.2) is 18.3 Å². The van der Waals surface area contributed by atoms with Crippen molar-refractivity contribution >= 4 is 11.5 Å². The van der Waals surface area contributed by atoms with Crippen LogP contribution in [0.3, 0.4) is 0 Å². The first-order valence-corrected chi connectivity index (χ1v) is 6.95. The molecule has 114 valence electrons. The summed E-state index contributed by atoms with van der Waals surface area (Å²) in [5.74, 6) is 0.469. The quantitative estimate of drug-likeness (QED) is 0.655. The molecule has 0 saturated carbocycles. The van der Waals surface area contributed by atoms with Crippen LogP contribution in [0.5, 0.6) is 0 Å². The summed E-state index contributed by atoms with van der Waals surface area (Å²) >= 11 is 0. The number of hydrogen-bond donors (Lipinski definition) is 1. The van der Waals surface area contributed by atoms with Gasteiger partial charge in [-0.15, -0.1) is 0 Å². The van der Waals surface area contributed by atoms with Gasteiger partial charge in [0.05, 0.1) is 4.92 Å². The number of nitrogens with zero attached hydrogens (tertiary/aromatic N) is 4. The van der Waals surface area contributed by atoms with Crippen LogP contribution < -0.4 is 5.32 Å². The van der Waals surface area contributed by atoms with E-state index in [1.165, 1.54) is 10.4 Å². The van der Waals surface area contributed by atoms with Crippen molar-refractivity contribution in [2.45, 2.75) is 32.7 Å². The summed E-state index contributed by atoms with van der Waals surface area (Å²) in [7, 11) is 3.73. The molecule has 7 heteroatoms. The lowest BCUT2D eigenvalue weighted by atomic mass is 10.1. The highest BCUT2D eigenvalue weighted by Crippen LogP contribution is 2.28. The molecule has 0 aliphatic rings. The SMILES string of the molecule is Cc1nn(C)c(NC(C)CCc2cccn2C)c1[N+](=O)[O-]. The molecular weight excluding hydrogens is 270 g/mol. The van der Waals surface area contributed by atoms with Gasteiger partial charge in [0.25, 0.3) is 0 Å². The highest BCUT2D eigenvalue weighted by molar-refractivity contribution is 5.59. The topological polar surface area (TPSA) is 77.9 Å². The van der Waals surface area contributed by atoms with Crippen LogP contribution in [0.25, 0.3) is 0 Å². The number of aromatic nitrogens is 3. The predicted molar refractivity (Wildman–Crippen MR) is 81.4 cm³/mol. The van der Waals surface area contributed by atoms with Crippen LogP contribution >= 0.6 is 0 Å². The highest BCUT2D eigenvalue weighted by atomic mass is 16.6. The molecule has 2 rings (SSSR count). The first-order chi connectivity index (χ1) is 9.90. The van der Waals surface area contributed by atoms with Crippen molar-refractivity contribution in [2.24, 2.45) is 14.1 Å². The zero-order valence-corrected chi connectivity index (χ0v) is 12.8.